The molecule has 1 aliphatic heterocycles. The number of carboxylic acid groups (broad SMARTS) is 1. The van der Waals surface area contributed by atoms with Gasteiger partial charge in [-0.2, -0.15) is 0 Å². The Labute approximate surface area is 123 Å². The highest BCUT2D eigenvalue weighted by Gasteiger charge is 2.54. The third kappa shape index (κ3) is 3.97. The quantitative estimate of drug-likeness (QED) is 0.770. The van der Waals surface area contributed by atoms with Crippen molar-refractivity contribution in [3.8, 4) is 0 Å². The van der Waals surface area contributed by atoms with Gasteiger partial charge in [-0.25, -0.2) is 0 Å². The molecule has 4 atom stereocenters. The molecule has 4 unspecified atom stereocenters. The lowest BCUT2D eigenvalue weighted by molar-refractivity contribution is -0.134. The molecule has 0 aromatic heterocycles. The van der Waals surface area contributed by atoms with Gasteiger partial charge in [-0.1, -0.05) is 46.0 Å². The molecule has 3 fully saturated rings. The van der Waals surface area contributed by atoms with Crippen molar-refractivity contribution in [2.45, 2.75) is 84.3 Å². The molecule has 1 saturated heterocycles. The average molecular weight is 282 g/mol. The number of rotatable bonds is 2. The zero-order valence-corrected chi connectivity index (χ0v) is 13.2. The fourth-order valence-corrected chi connectivity index (χ4v) is 4.26. The topological polar surface area (TPSA) is 49.8 Å². The predicted molar refractivity (Wildman–Crippen MR) is 79.7 cm³/mol. The fourth-order valence-electron chi connectivity index (χ4n) is 4.26. The minimum absolute atomic E-state index is 0.583. The number of hydrogen-bond acceptors (Lipinski definition) is 2. The molecule has 0 bridgehead atoms. The van der Waals surface area contributed by atoms with Gasteiger partial charge in [-0.05, 0) is 36.5 Å². The number of aliphatic carboxylic acids is 1. The first-order chi connectivity index (χ1) is 9.42. The molecule has 2 saturated carbocycles. The molecular formula is C17H30O3. The highest BCUT2D eigenvalue weighted by Crippen LogP contribution is 2.53. The van der Waals surface area contributed by atoms with Crippen LogP contribution in [-0.2, 0) is 9.53 Å². The van der Waals surface area contributed by atoms with Crippen LogP contribution in [0.2, 0.25) is 0 Å². The summed E-state index contributed by atoms with van der Waals surface area (Å²) in [5.41, 5.74) is 0.583. The molecule has 1 heterocycles. The van der Waals surface area contributed by atoms with E-state index in [1.165, 1.54) is 51.4 Å². The SMILES string of the molecule is CC(=O)O.CC1C2OC2CCC1(C)CC1CCCCC1. The molecule has 1 N–H and O–H groups in total. The summed E-state index contributed by atoms with van der Waals surface area (Å²) in [4.78, 5) is 9.00. The molecule has 3 rings (SSSR count). The summed E-state index contributed by atoms with van der Waals surface area (Å²) in [7, 11) is 0. The predicted octanol–water partition coefficient (Wildman–Crippen LogP) is 4.25. The number of ether oxygens (including phenoxy) is 1. The molecule has 3 nitrogen and oxygen atoms in total. The molecule has 0 aromatic rings. The second-order valence-electron chi connectivity index (χ2n) is 7.35. The lowest BCUT2D eigenvalue weighted by atomic mass is 9.63. The zero-order valence-electron chi connectivity index (χ0n) is 13.2. The van der Waals surface area contributed by atoms with Gasteiger partial charge in [0.15, 0.2) is 0 Å². The Morgan fingerprint density at radius 2 is 1.85 bits per heavy atom. The largest absolute Gasteiger partial charge is 0.481 e. The van der Waals surface area contributed by atoms with Crippen LogP contribution < -0.4 is 0 Å². The summed E-state index contributed by atoms with van der Waals surface area (Å²) >= 11 is 0. The van der Waals surface area contributed by atoms with Gasteiger partial charge in [0, 0.05) is 6.92 Å². The maximum atomic E-state index is 9.00. The first-order valence-electron chi connectivity index (χ1n) is 8.27. The number of carboxylic acids is 1. The maximum absolute atomic E-state index is 9.00. The lowest BCUT2D eigenvalue weighted by Gasteiger charge is -2.41. The first-order valence-corrected chi connectivity index (χ1v) is 8.27. The molecular weight excluding hydrogens is 252 g/mol. The molecule has 0 aromatic carbocycles. The summed E-state index contributed by atoms with van der Waals surface area (Å²) in [6.07, 6.45) is 12.9. The Morgan fingerprint density at radius 1 is 1.25 bits per heavy atom. The van der Waals surface area contributed by atoms with Crippen molar-refractivity contribution in [1.82, 2.24) is 0 Å². The molecule has 3 aliphatic rings. The van der Waals surface area contributed by atoms with Crippen LogP contribution >= 0.6 is 0 Å². The van der Waals surface area contributed by atoms with Crippen molar-refractivity contribution in [1.29, 1.82) is 0 Å². The van der Waals surface area contributed by atoms with Gasteiger partial charge in [0.25, 0.3) is 5.97 Å². The van der Waals surface area contributed by atoms with Crippen LogP contribution in [0.4, 0.5) is 0 Å². The van der Waals surface area contributed by atoms with Crippen LogP contribution in [-0.4, -0.2) is 23.3 Å². The Morgan fingerprint density at radius 3 is 2.45 bits per heavy atom. The highest BCUT2D eigenvalue weighted by molar-refractivity contribution is 5.62. The molecule has 0 amide bonds. The van der Waals surface area contributed by atoms with E-state index in [1.807, 2.05) is 0 Å². The van der Waals surface area contributed by atoms with E-state index < -0.39 is 5.97 Å². The van der Waals surface area contributed by atoms with Crippen molar-refractivity contribution in [3.63, 3.8) is 0 Å². The zero-order chi connectivity index (χ0) is 14.8. The second-order valence-corrected chi connectivity index (χ2v) is 7.35. The van der Waals surface area contributed by atoms with E-state index in [-0.39, 0.29) is 0 Å². The maximum Gasteiger partial charge on any atom is 0.300 e. The second kappa shape index (κ2) is 6.46. The van der Waals surface area contributed by atoms with Crippen molar-refractivity contribution in [2.75, 3.05) is 0 Å². The van der Waals surface area contributed by atoms with Crippen molar-refractivity contribution >= 4 is 5.97 Å². The van der Waals surface area contributed by atoms with Gasteiger partial charge < -0.3 is 9.84 Å². The van der Waals surface area contributed by atoms with E-state index >= 15 is 0 Å². The highest BCUT2D eigenvalue weighted by atomic mass is 16.6. The van der Waals surface area contributed by atoms with Gasteiger partial charge in [0.2, 0.25) is 0 Å². The summed E-state index contributed by atoms with van der Waals surface area (Å²) in [5, 5.41) is 7.42. The molecule has 2 aliphatic carbocycles. The van der Waals surface area contributed by atoms with E-state index in [9.17, 15) is 0 Å². The number of fused-ring (bicyclic) bond motifs is 1. The molecule has 20 heavy (non-hydrogen) atoms. The minimum atomic E-state index is -0.833. The fraction of sp³-hybridized carbons (Fsp3) is 0.941. The van der Waals surface area contributed by atoms with E-state index in [1.54, 1.807) is 0 Å². The van der Waals surface area contributed by atoms with Crippen LogP contribution in [0, 0.1) is 17.3 Å². The summed E-state index contributed by atoms with van der Waals surface area (Å²) in [6.45, 7) is 6.05. The number of carbonyl (C=O) groups is 1. The summed E-state index contributed by atoms with van der Waals surface area (Å²) < 4.78 is 5.77. The molecule has 0 radical (unpaired) electrons. The van der Waals surface area contributed by atoms with Gasteiger partial charge in [-0.15, -0.1) is 0 Å². The van der Waals surface area contributed by atoms with Crippen LogP contribution in [0.25, 0.3) is 0 Å². The van der Waals surface area contributed by atoms with Crippen LogP contribution in [0.1, 0.15) is 72.1 Å². The van der Waals surface area contributed by atoms with E-state index in [0.717, 1.165) is 18.8 Å². The Kier molecular flexibility index (Phi) is 5.11. The summed E-state index contributed by atoms with van der Waals surface area (Å²) in [6, 6.07) is 0. The van der Waals surface area contributed by atoms with Crippen molar-refractivity contribution < 1.29 is 14.6 Å². The Bertz CT molecular complexity index is 331. The van der Waals surface area contributed by atoms with E-state index in [0.29, 0.717) is 17.6 Å². The van der Waals surface area contributed by atoms with Gasteiger partial charge >= 0.3 is 0 Å². The first kappa shape index (κ1) is 15.8. The van der Waals surface area contributed by atoms with Gasteiger partial charge in [0.05, 0.1) is 12.2 Å². The van der Waals surface area contributed by atoms with Crippen LogP contribution in [0.3, 0.4) is 0 Å². The van der Waals surface area contributed by atoms with Gasteiger partial charge in [0.1, 0.15) is 0 Å². The molecule has 0 spiro atoms. The normalized spacial score (nSPS) is 40.2. The lowest BCUT2D eigenvalue weighted by Crippen LogP contribution is -2.36. The number of epoxide rings is 1. The molecule has 116 valence electrons. The van der Waals surface area contributed by atoms with E-state index in [4.69, 9.17) is 14.6 Å². The minimum Gasteiger partial charge on any atom is -0.481 e. The summed E-state index contributed by atoms with van der Waals surface area (Å²) in [5.74, 6) is 0.990. The Hall–Kier alpha value is -0.570. The third-order valence-electron chi connectivity index (χ3n) is 5.69. The monoisotopic (exact) mass is 282 g/mol. The third-order valence-corrected chi connectivity index (χ3v) is 5.69. The van der Waals surface area contributed by atoms with E-state index in [2.05, 4.69) is 13.8 Å². The smallest absolute Gasteiger partial charge is 0.300 e. The number of hydrogen-bond donors (Lipinski definition) is 1. The standard InChI is InChI=1S/C15H26O.C2H4O2/c1-11-14-13(16-14)8-9-15(11,2)10-12-6-4-3-5-7-12;1-2(3)4/h11-14H,3-10H2,1-2H3;1H3,(H,3,4). The van der Waals surface area contributed by atoms with Crippen molar-refractivity contribution in [2.24, 2.45) is 17.3 Å². The Balaban J connectivity index is 0.000000328. The average Bonchev–Trinajstić information content (AvgIpc) is 3.15. The van der Waals surface area contributed by atoms with Gasteiger partial charge in [-0.3, -0.25) is 4.79 Å². The van der Waals surface area contributed by atoms with Crippen LogP contribution in [0.15, 0.2) is 0 Å². The molecule has 3 heteroatoms. The van der Waals surface area contributed by atoms with Crippen LogP contribution in [0.5, 0.6) is 0 Å². The van der Waals surface area contributed by atoms with Crippen molar-refractivity contribution in [3.05, 3.63) is 0 Å².